The molecule has 5 aliphatic rings. The van der Waals surface area contributed by atoms with Crippen molar-refractivity contribution >= 4 is 5.97 Å². The van der Waals surface area contributed by atoms with Crippen LogP contribution in [0.5, 0.6) is 0 Å². The van der Waals surface area contributed by atoms with Crippen molar-refractivity contribution in [3.05, 3.63) is 47.8 Å². The number of halogens is 3. The van der Waals surface area contributed by atoms with Gasteiger partial charge in [0.15, 0.2) is 5.82 Å². The van der Waals surface area contributed by atoms with Crippen molar-refractivity contribution in [2.24, 2.45) is 67.8 Å². The lowest BCUT2D eigenvalue weighted by Gasteiger charge is -2.71. The average Bonchev–Trinajstić information content (AvgIpc) is 3.60. The molecule has 57 heavy (non-hydrogen) atoms. The molecule has 4 aliphatic carbocycles. The second-order valence-corrected chi connectivity index (χ2v) is 21.7. The Morgan fingerprint density at radius 3 is 2.28 bits per heavy atom. The third-order valence-corrected chi connectivity index (χ3v) is 17.6. The van der Waals surface area contributed by atoms with Gasteiger partial charge < -0.3 is 20.3 Å². The van der Waals surface area contributed by atoms with Crippen LogP contribution < -0.4 is 5.73 Å². The SMILES string of the molecule is CC(C)[C@@H](C)[C@@]1(C)CC[C@]2(C)[C@H]3CC[C@@H]4[C@@]5(C)COC[C@@]4(C3=CC[C@@]2(C)[C@@H]1C(=O)O)[C@@H](OC[C@](C)(N)C(C)(C)C)[C@H](n1ncnc1-c1ccc(C(F)(F)F)cc1)C5. The lowest BCUT2D eigenvalue weighted by Crippen LogP contribution is -2.70. The van der Waals surface area contributed by atoms with Crippen LogP contribution in [0.2, 0.25) is 0 Å². The van der Waals surface area contributed by atoms with Gasteiger partial charge in [0.2, 0.25) is 0 Å². The summed E-state index contributed by atoms with van der Waals surface area (Å²) in [5.74, 6) is 0.206. The number of allylic oxidation sites excluding steroid dienone is 1. The summed E-state index contributed by atoms with van der Waals surface area (Å²) in [6.45, 7) is 25.6. The maximum atomic E-state index is 13.7. The van der Waals surface area contributed by atoms with Crippen LogP contribution in [0.4, 0.5) is 13.2 Å². The standard InChI is InChI=1S/C46H67F3N4O4/c1-27(2)28(3)41(8)20-21-42(9)31-16-17-34-40(7)22-33(53-37(51-26-52-53)29-12-14-30(15-13-29)46(47,48)49)36(57-24-44(11,50)39(4,5)6)45(34,25-56-23-40)32(31)18-19-43(42,10)35(41)38(54)55/h12-15,18,26-28,31,33-36H,16-17,19-25,50H2,1-11H3,(H,54,55)/t28-,31+,33-,34-,35-,36+,40-,41-,42-,43+,44+,45+/m1/s1. The predicted molar refractivity (Wildman–Crippen MR) is 215 cm³/mol. The Hall–Kier alpha value is -2.76. The minimum absolute atomic E-state index is 0.112. The molecule has 1 aliphatic heterocycles. The number of carbonyl (C=O) groups is 1. The number of alkyl halides is 3. The summed E-state index contributed by atoms with van der Waals surface area (Å²) >= 11 is 0. The summed E-state index contributed by atoms with van der Waals surface area (Å²) in [6, 6.07) is 4.82. The number of hydrogen-bond donors (Lipinski definition) is 2. The number of hydrogen-bond acceptors (Lipinski definition) is 6. The summed E-state index contributed by atoms with van der Waals surface area (Å²) in [6.07, 6.45) is 4.02. The Morgan fingerprint density at radius 2 is 1.68 bits per heavy atom. The van der Waals surface area contributed by atoms with E-state index in [1.54, 1.807) is 0 Å². The lowest BCUT2D eigenvalue weighted by molar-refractivity contribution is -0.255. The first-order valence-electron chi connectivity index (χ1n) is 21.3. The van der Waals surface area contributed by atoms with Gasteiger partial charge in [-0.1, -0.05) is 93.0 Å². The molecule has 0 amide bonds. The predicted octanol–water partition coefficient (Wildman–Crippen LogP) is 10.2. The Labute approximate surface area is 337 Å². The molecule has 0 radical (unpaired) electrons. The van der Waals surface area contributed by atoms with Crippen molar-refractivity contribution in [2.45, 2.75) is 139 Å². The number of aromatic nitrogens is 3. The van der Waals surface area contributed by atoms with Gasteiger partial charge in [-0.25, -0.2) is 9.67 Å². The van der Waals surface area contributed by atoms with Crippen LogP contribution in [0.25, 0.3) is 11.4 Å². The van der Waals surface area contributed by atoms with E-state index in [-0.39, 0.29) is 52.1 Å². The highest BCUT2D eigenvalue weighted by Crippen LogP contribution is 2.75. The Kier molecular flexibility index (Phi) is 10.1. The highest BCUT2D eigenvalue weighted by molar-refractivity contribution is 5.73. The highest BCUT2D eigenvalue weighted by Gasteiger charge is 2.73. The van der Waals surface area contributed by atoms with Crippen molar-refractivity contribution in [1.82, 2.24) is 14.8 Å². The second kappa shape index (κ2) is 13.6. The second-order valence-electron chi connectivity index (χ2n) is 21.7. The molecular weight excluding hydrogens is 730 g/mol. The van der Waals surface area contributed by atoms with Gasteiger partial charge >= 0.3 is 12.1 Å². The first-order chi connectivity index (χ1) is 26.3. The Bertz CT molecular complexity index is 1880. The molecule has 316 valence electrons. The number of benzene rings is 1. The van der Waals surface area contributed by atoms with E-state index in [9.17, 15) is 23.1 Å². The summed E-state index contributed by atoms with van der Waals surface area (Å²) in [7, 11) is 0. The molecule has 7 rings (SSSR count). The normalized spacial score (nSPS) is 39.6. The van der Waals surface area contributed by atoms with Gasteiger partial charge in [0.1, 0.15) is 6.33 Å². The van der Waals surface area contributed by atoms with E-state index in [2.05, 4.69) is 80.3 Å². The fourth-order valence-electron chi connectivity index (χ4n) is 13.1. The molecule has 2 heterocycles. The lowest BCUT2D eigenvalue weighted by atomic mass is 9.34. The molecule has 2 bridgehead atoms. The largest absolute Gasteiger partial charge is 0.481 e. The van der Waals surface area contributed by atoms with Gasteiger partial charge in [0, 0.05) is 16.5 Å². The molecular formula is C46H67F3N4O4. The zero-order chi connectivity index (χ0) is 41.9. The van der Waals surface area contributed by atoms with Crippen LogP contribution in [-0.2, 0) is 20.4 Å². The molecule has 1 aromatic heterocycles. The van der Waals surface area contributed by atoms with Crippen molar-refractivity contribution < 1.29 is 32.5 Å². The molecule has 3 N–H and O–H groups in total. The molecule has 8 nitrogen and oxygen atoms in total. The first-order valence-corrected chi connectivity index (χ1v) is 21.3. The summed E-state index contributed by atoms with van der Waals surface area (Å²) in [5, 5.41) is 16.0. The van der Waals surface area contributed by atoms with E-state index in [0.717, 1.165) is 37.8 Å². The number of ether oxygens (including phenoxy) is 2. The molecule has 4 fully saturated rings. The van der Waals surface area contributed by atoms with Crippen LogP contribution in [0, 0.1) is 62.1 Å². The zero-order valence-electron chi connectivity index (χ0n) is 36.1. The van der Waals surface area contributed by atoms with E-state index < -0.39 is 46.1 Å². The summed E-state index contributed by atoms with van der Waals surface area (Å²) < 4.78 is 56.9. The third kappa shape index (κ3) is 6.19. The van der Waals surface area contributed by atoms with E-state index in [4.69, 9.17) is 20.3 Å². The van der Waals surface area contributed by atoms with Gasteiger partial charge in [-0.3, -0.25) is 4.79 Å². The van der Waals surface area contributed by atoms with Crippen molar-refractivity contribution in [3.8, 4) is 11.4 Å². The van der Waals surface area contributed by atoms with Crippen molar-refractivity contribution in [3.63, 3.8) is 0 Å². The fraction of sp³-hybridized carbons (Fsp3) is 0.761. The van der Waals surface area contributed by atoms with Crippen molar-refractivity contribution in [2.75, 3.05) is 19.8 Å². The summed E-state index contributed by atoms with van der Waals surface area (Å²) in [5.41, 5.74) is 5.27. The van der Waals surface area contributed by atoms with Crippen LogP contribution in [0.15, 0.2) is 42.2 Å². The highest BCUT2D eigenvalue weighted by atomic mass is 19.4. The van der Waals surface area contributed by atoms with Crippen LogP contribution in [-0.4, -0.2) is 57.3 Å². The molecule has 0 spiro atoms. The average molecular weight is 797 g/mol. The number of carboxylic acids is 1. The Morgan fingerprint density at radius 1 is 1.02 bits per heavy atom. The molecule has 12 atom stereocenters. The van der Waals surface area contributed by atoms with Gasteiger partial charge in [-0.2, -0.15) is 18.3 Å². The minimum atomic E-state index is -4.46. The van der Waals surface area contributed by atoms with Crippen LogP contribution >= 0.6 is 0 Å². The zero-order valence-corrected chi connectivity index (χ0v) is 36.1. The molecule has 0 unspecified atom stereocenters. The smallest absolute Gasteiger partial charge is 0.416 e. The minimum Gasteiger partial charge on any atom is -0.481 e. The monoisotopic (exact) mass is 797 g/mol. The fourth-order valence-corrected chi connectivity index (χ4v) is 13.1. The van der Waals surface area contributed by atoms with E-state index in [1.807, 2.05) is 11.6 Å². The molecule has 11 heteroatoms. The van der Waals surface area contributed by atoms with E-state index >= 15 is 0 Å². The van der Waals surface area contributed by atoms with Gasteiger partial charge in [-0.05, 0) is 108 Å². The maximum Gasteiger partial charge on any atom is 0.416 e. The Balaban J connectivity index is 1.40. The number of aliphatic carboxylic acids is 1. The van der Waals surface area contributed by atoms with E-state index in [1.165, 1.54) is 24.0 Å². The van der Waals surface area contributed by atoms with Gasteiger partial charge in [0.25, 0.3) is 0 Å². The van der Waals surface area contributed by atoms with E-state index in [0.29, 0.717) is 43.4 Å². The molecule has 3 saturated carbocycles. The van der Waals surface area contributed by atoms with Gasteiger partial charge in [0.05, 0.1) is 43.4 Å². The first kappa shape index (κ1) is 42.4. The quantitative estimate of drug-likeness (QED) is 0.256. The van der Waals surface area contributed by atoms with Crippen LogP contribution in [0.3, 0.4) is 0 Å². The number of nitrogens with zero attached hydrogens (tertiary/aromatic N) is 3. The number of fused-ring (bicyclic) bond motifs is 3. The molecule has 2 aromatic rings. The topological polar surface area (TPSA) is 112 Å². The van der Waals surface area contributed by atoms with Crippen LogP contribution in [0.1, 0.15) is 126 Å². The molecule has 1 saturated heterocycles. The third-order valence-electron chi connectivity index (χ3n) is 17.6. The maximum absolute atomic E-state index is 13.7. The van der Waals surface area contributed by atoms with Gasteiger partial charge in [-0.15, -0.1) is 0 Å². The number of rotatable bonds is 8. The molecule has 1 aromatic carbocycles. The van der Waals surface area contributed by atoms with Crippen molar-refractivity contribution in [1.29, 1.82) is 0 Å². The summed E-state index contributed by atoms with van der Waals surface area (Å²) in [4.78, 5) is 18.3. The number of nitrogens with two attached hydrogens (primary N) is 1. The number of carboxylic acid groups (broad SMARTS) is 1.